The summed E-state index contributed by atoms with van der Waals surface area (Å²) in [4.78, 5) is 37.3. The number of carbonyl (C=O) groups excluding carboxylic acids is 3. The van der Waals surface area contributed by atoms with Gasteiger partial charge in [0, 0.05) is 18.9 Å². The molecule has 0 aromatic heterocycles. The number of aryl methyl sites for hydroxylation is 1. The van der Waals surface area contributed by atoms with Gasteiger partial charge in [0.15, 0.2) is 0 Å². The first-order valence-corrected chi connectivity index (χ1v) is 11.3. The highest BCUT2D eigenvalue weighted by atomic mass is 16.2. The SMILES string of the molecule is CC.CC(C)NC(=O)[C@@H]1Cc2cccc(c2)CCCCCCC(=O)N[C@@H](C)C(=O)N1. The van der Waals surface area contributed by atoms with Gasteiger partial charge in [-0.15, -0.1) is 0 Å². The van der Waals surface area contributed by atoms with E-state index in [4.69, 9.17) is 0 Å². The van der Waals surface area contributed by atoms with Crippen LogP contribution in [0.3, 0.4) is 0 Å². The Morgan fingerprint density at radius 2 is 1.63 bits per heavy atom. The first kappa shape index (κ1) is 25.7. The fourth-order valence-corrected chi connectivity index (χ4v) is 3.39. The van der Waals surface area contributed by atoms with E-state index in [9.17, 15) is 14.4 Å². The van der Waals surface area contributed by atoms with E-state index in [1.807, 2.05) is 39.8 Å². The van der Waals surface area contributed by atoms with Crippen LogP contribution in [0, 0.1) is 0 Å². The van der Waals surface area contributed by atoms with Crippen molar-refractivity contribution in [3.63, 3.8) is 0 Å². The molecule has 0 unspecified atom stereocenters. The summed E-state index contributed by atoms with van der Waals surface area (Å²) in [6.45, 7) is 9.42. The quantitative estimate of drug-likeness (QED) is 0.690. The summed E-state index contributed by atoms with van der Waals surface area (Å²) in [5.74, 6) is -0.683. The third kappa shape index (κ3) is 9.42. The molecule has 168 valence electrons. The van der Waals surface area contributed by atoms with Crippen LogP contribution < -0.4 is 16.0 Å². The second-order valence-corrected chi connectivity index (χ2v) is 7.95. The number of carbonyl (C=O) groups is 3. The van der Waals surface area contributed by atoms with Gasteiger partial charge in [0.2, 0.25) is 17.7 Å². The van der Waals surface area contributed by atoms with Crippen molar-refractivity contribution < 1.29 is 14.4 Å². The topological polar surface area (TPSA) is 87.3 Å². The van der Waals surface area contributed by atoms with E-state index >= 15 is 0 Å². The van der Waals surface area contributed by atoms with Crippen molar-refractivity contribution in [3.05, 3.63) is 35.4 Å². The van der Waals surface area contributed by atoms with Crippen LogP contribution in [-0.4, -0.2) is 35.8 Å². The molecule has 0 spiro atoms. The van der Waals surface area contributed by atoms with Gasteiger partial charge in [-0.05, 0) is 51.2 Å². The molecule has 2 rings (SSSR count). The number of amides is 3. The molecule has 6 nitrogen and oxygen atoms in total. The maximum atomic E-state index is 12.6. The van der Waals surface area contributed by atoms with Crippen molar-refractivity contribution in [2.45, 2.75) is 97.7 Å². The summed E-state index contributed by atoms with van der Waals surface area (Å²) < 4.78 is 0. The first-order chi connectivity index (χ1) is 14.3. The van der Waals surface area contributed by atoms with Gasteiger partial charge in [0.05, 0.1) is 0 Å². The van der Waals surface area contributed by atoms with Crippen LogP contribution in [0.4, 0.5) is 0 Å². The molecule has 0 saturated carbocycles. The average Bonchev–Trinajstić information content (AvgIpc) is 2.70. The lowest BCUT2D eigenvalue weighted by molar-refractivity contribution is -0.132. The Kier molecular flexibility index (Phi) is 11.8. The molecule has 30 heavy (non-hydrogen) atoms. The standard InChI is InChI=1S/C22H33N3O3.C2H6/c1-15(2)23-22(28)19-14-18-11-8-10-17(13-18)9-6-4-5-7-12-20(26)24-16(3)21(27)25-19;1-2/h8,10-11,13,15-16,19H,4-7,9,12,14H2,1-3H3,(H,23,28)(H,24,26)(H,25,27);1-2H3/t16-,19-;/m0./s1. The highest BCUT2D eigenvalue weighted by molar-refractivity contribution is 5.92. The van der Waals surface area contributed by atoms with Gasteiger partial charge in [0.1, 0.15) is 12.1 Å². The Bertz CT molecular complexity index is 688. The van der Waals surface area contributed by atoms with Crippen molar-refractivity contribution in [3.8, 4) is 0 Å². The fourth-order valence-electron chi connectivity index (χ4n) is 3.39. The van der Waals surface area contributed by atoms with Crippen molar-refractivity contribution >= 4 is 17.7 Å². The van der Waals surface area contributed by atoms with E-state index in [2.05, 4.69) is 28.1 Å². The number of fused-ring (bicyclic) bond motifs is 2. The molecule has 1 aliphatic heterocycles. The Labute approximate surface area is 181 Å². The van der Waals surface area contributed by atoms with Crippen molar-refractivity contribution in [2.24, 2.45) is 0 Å². The van der Waals surface area contributed by atoms with E-state index in [1.165, 1.54) is 5.56 Å². The second-order valence-electron chi connectivity index (χ2n) is 7.95. The van der Waals surface area contributed by atoms with E-state index in [-0.39, 0.29) is 23.8 Å². The number of benzene rings is 1. The number of hydrogen-bond donors (Lipinski definition) is 3. The molecule has 0 saturated heterocycles. The maximum absolute atomic E-state index is 12.6. The van der Waals surface area contributed by atoms with Crippen molar-refractivity contribution in [1.82, 2.24) is 16.0 Å². The maximum Gasteiger partial charge on any atom is 0.243 e. The largest absolute Gasteiger partial charge is 0.352 e. The van der Waals surface area contributed by atoms with E-state index in [1.54, 1.807) is 6.92 Å². The molecule has 1 aromatic carbocycles. The minimum atomic E-state index is -0.683. The molecular weight excluding hydrogens is 378 g/mol. The molecule has 0 aliphatic carbocycles. The summed E-state index contributed by atoms with van der Waals surface area (Å²) in [5, 5.41) is 8.43. The highest BCUT2D eigenvalue weighted by Crippen LogP contribution is 2.13. The molecule has 1 aromatic rings. The molecule has 3 amide bonds. The normalized spacial score (nSPS) is 21.0. The number of rotatable bonds is 2. The molecule has 0 fully saturated rings. The summed E-state index contributed by atoms with van der Waals surface area (Å²) in [7, 11) is 0. The van der Waals surface area contributed by atoms with E-state index in [0.29, 0.717) is 12.8 Å². The fraction of sp³-hybridized carbons (Fsp3) is 0.625. The summed E-state index contributed by atoms with van der Waals surface area (Å²) in [6, 6.07) is 6.84. The van der Waals surface area contributed by atoms with E-state index < -0.39 is 12.1 Å². The van der Waals surface area contributed by atoms with Crippen molar-refractivity contribution in [1.29, 1.82) is 0 Å². The summed E-state index contributed by atoms with van der Waals surface area (Å²) >= 11 is 0. The van der Waals surface area contributed by atoms with E-state index in [0.717, 1.165) is 37.7 Å². The van der Waals surface area contributed by atoms with Crippen molar-refractivity contribution in [2.75, 3.05) is 0 Å². The Balaban J connectivity index is 0.00000218. The van der Waals surface area contributed by atoms with Crippen LogP contribution in [0.5, 0.6) is 0 Å². The lowest BCUT2D eigenvalue weighted by Gasteiger charge is -2.23. The molecule has 0 radical (unpaired) electrons. The van der Waals surface area contributed by atoms with Gasteiger partial charge in [-0.3, -0.25) is 14.4 Å². The van der Waals surface area contributed by atoms with Gasteiger partial charge in [0.25, 0.3) is 0 Å². The van der Waals surface area contributed by atoms with Crippen LogP contribution in [-0.2, 0) is 27.2 Å². The van der Waals surface area contributed by atoms with Crippen LogP contribution in [0.1, 0.15) is 77.8 Å². The van der Waals surface area contributed by atoms with Crippen LogP contribution in [0.2, 0.25) is 0 Å². The summed E-state index contributed by atoms with van der Waals surface area (Å²) in [5.41, 5.74) is 2.26. The minimum Gasteiger partial charge on any atom is -0.352 e. The van der Waals surface area contributed by atoms with Crippen LogP contribution in [0.25, 0.3) is 0 Å². The number of hydrogen-bond acceptors (Lipinski definition) is 3. The number of nitrogens with one attached hydrogen (secondary N) is 3. The molecule has 2 atom stereocenters. The Hall–Kier alpha value is -2.37. The molecular formula is C24H39N3O3. The van der Waals surface area contributed by atoms with Gasteiger partial charge in [-0.1, -0.05) is 51.0 Å². The van der Waals surface area contributed by atoms with Crippen LogP contribution in [0.15, 0.2) is 24.3 Å². The zero-order valence-corrected chi connectivity index (χ0v) is 19.2. The lowest BCUT2D eigenvalue weighted by Crippen LogP contribution is -2.54. The molecule has 3 N–H and O–H groups in total. The zero-order valence-electron chi connectivity index (χ0n) is 19.2. The molecule has 1 heterocycles. The summed E-state index contributed by atoms with van der Waals surface area (Å²) in [6.07, 6.45) is 5.79. The lowest BCUT2D eigenvalue weighted by atomic mass is 9.99. The molecule has 1 aliphatic rings. The third-order valence-electron chi connectivity index (χ3n) is 4.89. The van der Waals surface area contributed by atoms with Crippen LogP contribution >= 0.6 is 0 Å². The molecule has 6 heteroatoms. The zero-order chi connectivity index (χ0) is 22.5. The monoisotopic (exact) mass is 417 g/mol. The van der Waals surface area contributed by atoms with Gasteiger partial charge in [-0.2, -0.15) is 0 Å². The predicted molar refractivity (Wildman–Crippen MR) is 121 cm³/mol. The predicted octanol–water partition coefficient (Wildman–Crippen LogP) is 3.28. The molecule has 2 bridgehead atoms. The second kappa shape index (κ2) is 13.8. The smallest absolute Gasteiger partial charge is 0.243 e. The van der Waals surface area contributed by atoms with Gasteiger partial charge < -0.3 is 16.0 Å². The Morgan fingerprint density at radius 1 is 1.00 bits per heavy atom. The highest BCUT2D eigenvalue weighted by Gasteiger charge is 2.25. The van der Waals surface area contributed by atoms with Gasteiger partial charge >= 0.3 is 0 Å². The first-order valence-electron chi connectivity index (χ1n) is 11.3. The average molecular weight is 418 g/mol. The minimum absolute atomic E-state index is 0.0202. The Morgan fingerprint density at radius 3 is 2.30 bits per heavy atom. The third-order valence-corrected chi connectivity index (χ3v) is 4.89. The van der Waals surface area contributed by atoms with Gasteiger partial charge in [-0.25, -0.2) is 0 Å².